The molecule has 2 nitrogen and oxygen atoms in total. The number of aryl methyl sites for hydroxylation is 2. The smallest absolute Gasteiger partial charge is 0.0602 e. The van der Waals surface area contributed by atoms with E-state index in [2.05, 4.69) is 204 Å². The molecule has 1 aromatic heterocycles. The Hall–Kier alpha value is -5.60. The van der Waals surface area contributed by atoms with Gasteiger partial charge < -0.3 is 4.57 Å². The molecule has 0 spiro atoms. The van der Waals surface area contributed by atoms with Crippen molar-refractivity contribution in [2.45, 2.75) is 52.4 Å². The monoisotopic (exact) mass is 904 g/mol. The zero-order chi connectivity index (χ0) is 38.2. The van der Waals surface area contributed by atoms with Gasteiger partial charge in [0.05, 0.1) is 5.82 Å². The van der Waals surface area contributed by atoms with Gasteiger partial charge in [0.2, 0.25) is 0 Å². The molecule has 0 N–H and O–H groups in total. The van der Waals surface area contributed by atoms with Crippen molar-refractivity contribution >= 4 is 0 Å². The fourth-order valence-electron chi connectivity index (χ4n) is 8.05. The Morgan fingerprint density at radius 3 is 1.32 bits per heavy atom. The summed E-state index contributed by atoms with van der Waals surface area (Å²) < 4.78 is 2.19. The van der Waals surface area contributed by atoms with Gasteiger partial charge in [-0.25, -0.2) is 0 Å². The fraction of sp³-hybridized carbons (Fsp3) is 0.151. The molecular formula is C53H47IrN2-. The second-order valence-electron chi connectivity index (χ2n) is 15.8. The molecule has 0 atom stereocenters. The van der Waals surface area contributed by atoms with E-state index in [1.54, 1.807) is 0 Å². The van der Waals surface area contributed by atoms with Gasteiger partial charge in [0.25, 0.3) is 0 Å². The predicted octanol–water partition coefficient (Wildman–Crippen LogP) is 13.6. The van der Waals surface area contributed by atoms with Crippen LogP contribution in [0.15, 0.2) is 176 Å². The van der Waals surface area contributed by atoms with Gasteiger partial charge in [0.15, 0.2) is 0 Å². The summed E-state index contributed by atoms with van der Waals surface area (Å²) in [5.41, 5.74) is 16.7. The number of hydrogen-bond acceptors (Lipinski definition) is 1. The molecule has 0 saturated heterocycles. The second-order valence-corrected chi connectivity index (χ2v) is 15.8. The first-order valence-electron chi connectivity index (χ1n) is 19.2. The van der Waals surface area contributed by atoms with Crippen LogP contribution in [0.5, 0.6) is 0 Å². The van der Waals surface area contributed by atoms with Gasteiger partial charge in [0.1, 0.15) is 0 Å². The zero-order valence-electron chi connectivity index (χ0n) is 33.0. The van der Waals surface area contributed by atoms with Crippen LogP contribution in [-0.2, 0) is 30.9 Å². The van der Waals surface area contributed by atoms with E-state index in [0.717, 1.165) is 17.1 Å². The minimum absolute atomic E-state index is 0. The summed E-state index contributed by atoms with van der Waals surface area (Å²) in [4.78, 5) is 4.72. The average Bonchev–Trinajstić information content (AvgIpc) is 3.71. The Morgan fingerprint density at radius 2 is 0.875 bits per heavy atom. The van der Waals surface area contributed by atoms with E-state index in [1.165, 1.54) is 66.8 Å². The summed E-state index contributed by atoms with van der Waals surface area (Å²) in [7, 11) is 0. The Kier molecular flexibility index (Phi) is 11.0. The number of imidazole rings is 1. The molecule has 0 bridgehead atoms. The topological polar surface area (TPSA) is 17.8 Å². The van der Waals surface area contributed by atoms with Gasteiger partial charge in [-0.15, -0.1) is 35.9 Å². The number of nitrogens with zero attached hydrogens (tertiary/aromatic N) is 2. The first-order chi connectivity index (χ1) is 26.6. The minimum atomic E-state index is -0.105. The van der Waals surface area contributed by atoms with Crippen LogP contribution in [-0.4, -0.2) is 9.55 Å². The summed E-state index contributed by atoms with van der Waals surface area (Å²) >= 11 is 0. The third-order valence-electron chi connectivity index (χ3n) is 11.5. The van der Waals surface area contributed by atoms with Crippen molar-refractivity contribution in [2.75, 3.05) is 0 Å². The molecule has 8 rings (SSSR count). The van der Waals surface area contributed by atoms with E-state index in [1.807, 2.05) is 24.4 Å². The molecule has 7 aromatic carbocycles. The van der Waals surface area contributed by atoms with Gasteiger partial charge >= 0.3 is 0 Å². The summed E-state index contributed by atoms with van der Waals surface area (Å²) in [6.45, 7) is 13.6. The summed E-state index contributed by atoms with van der Waals surface area (Å²) in [5, 5.41) is 0. The Morgan fingerprint density at radius 1 is 0.464 bits per heavy atom. The van der Waals surface area contributed by atoms with Crippen molar-refractivity contribution in [3.8, 4) is 50.5 Å². The van der Waals surface area contributed by atoms with Crippen molar-refractivity contribution < 1.29 is 20.1 Å². The van der Waals surface area contributed by atoms with E-state index < -0.39 is 0 Å². The number of aromatic nitrogens is 2. The Labute approximate surface area is 346 Å². The van der Waals surface area contributed by atoms with Crippen molar-refractivity contribution in [2.24, 2.45) is 0 Å². The summed E-state index contributed by atoms with van der Waals surface area (Å²) in [5.74, 6) is 0.890. The molecule has 0 aliphatic heterocycles. The maximum atomic E-state index is 4.72. The minimum Gasteiger partial charge on any atom is -0.340 e. The maximum Gasteiger partial charge on any atom is 0.0602 e. The standard InChI is InChI=1S/C53H47N2.Ir/c1-37-32-42(33-38(2)50(37)55-31-30-54-51(55)41-16-10-7-11-17-41)45-35-43(39-22-26-48(27-23-39)52(3,4)46-18-12-8-13-19-46)34-44(36-45)40-24-28-49(29-25-40)53(5,6)47-20-14-9-15-21-47;/h7-16,18-36H,1-6H3;/q-1;. The van der Waals surface area contributed by atoms with Crippen molar-refractivity contribution in [3.63, 3.8) is 0 Å². The van der Waals surface area contributed by atoms with Crippen LogP contribution in [0.2, 0.25) is 0 Å². The third kappa shape index (κ3) is 7.50. The molecule has 8 aromatic rings. The van der Waals surface area contributed by atoms with Gasteiger partial charge in [-0.2, -0.15) is 0 Å². The van der Waals surface area contributed by atoms with E-state index in [9.17, 15) is 0 Å². The molecule has 0 aliphatic rings. The molecule has 1 heterocycles. The van der Waals surface area contributed by atoms with Crippen LogP contribution < -0.4 is 0 Å². The number of benzene rings is 7. The zero-order valence-corrected chi connectivity index (χ0v) is 35.4. The van der Waals surface area contributed by atoms with Gasteiger partial charge in [0, 0.05) is 49.0 Å². The summed E-state index contributed by atoms with van der Waals surface area (Å²) in [6.07, 6.45) is 3.92. The van der Waals surface area contributed by atoms with E-state index in [4.69, 9.17) is 4.98 Å². The quantitative estimate of drug-likeness (QED) is 0.132. The molecular weight excluding hydrogens is 857 g/mol. The maximum absolute atomic E-state index is 4.72. The number of rotatable bonds is 9. The molecule has 3 heteroatoms. The van der Waals surface area contributed by atoms with Gasteiger partial charge in [-0.1, -0.05) is 137 Å². The number of hydrogen-bond donors (Lipinski definition) is 0. The molecule has 0 fully saturated rings. The van der Waals surface area contributed by atoms with E-state index in [0.29, 0.717) is 0 Å². The first-order valence-corrected chi connectivity index (χ1v) is 19.2. The predicted molar refractivity (Wildman–Crippen MR) is 231 cm³/mol. The third-order valence-corrected chi connectivity index (χ3v) is 11.5. The van der Waals surface area contributed by atoms with Crippen LogP contribution in [0.25, 0.3) is 50.5 Å². The molecule has 0 aliphatic carbocycles. The van der Waals surface area contributed by atoms with E-state index >= 15 is 0 Å². The Balaban J connectivity index is 0.00000480. The van der Waals surface area contributed by atoms with Crippen LogP contribution in [0.3, 0.4) is 0 Å². The normalized spacial score (nSPS) is 11.6. The molecule has 0 unspecified atom stereocenters. The average molecular weight is 904 g/mol. The van der Waals surface area contributed by atoms with Crippen LogP contribution >= 0.6 is 0 Å². The van der Waals surface area contributed by atoms with E-state index in [-0.39, 0.29) is 30.9 Å². The molecule has 0 saturated carbocycles. The van der Waals surface area contributed by atoms with Crippen molar-refractivity contribution in [1.82, 2.24) is 9.55 Å². The molecule has 56 heavy (non-hydrogen) atoms. The fourth-order valence-corrected chi connectivity index (χ4v) is 8.05. The molecule has 279 valence electrons. The SMILES string of the molecule is Cc1cc(-c2cc(-c3ccc(C(C)(C)c4ccccc4)cc3)cc(-c3ccc(C(C)(C)c4ccccc4)cc3)c2)cc(C)c1-n1ccnc1-c1[c-]cccc1.[Ir]. The first kappa shape index (κ1) is 38.7. The van der Waals surface area contributed by atoms with Crippen LogP contribution in [0.1, 0.15) is 61.1 Å². The van der Waals surface area contributed by atoms with Crippen LogP contribution in [0.4, 0.5) is 0 Å². The summed E-state index contributed by atoms with van der Waals surface area (Å²) in [6, 6.07) is 63.0. The van der Waals surface area contributed by atoms with Gasteiger partial charge in [-0.3, -0.25) is 4.98 Å². The molecule has 0 amide bonds. The van der Waals surface area contributed by atoms with Gasteiger partial charge in [-0.05, 0) is 111 Å². The van der Waals surface area contributed by atoms with Crippen LogP contribution in [0, 0.1) is 19.9 Å². The second kappa shape index (κ2) is 15.9. The van der Waals surface area contributed by atoms with Crippen molar-refractivity contribution in [1.29, 1.82) is 0 Å². The Bertz CT molecular complexity index is 2430. The molecule has 1 radical (unpaired) electrons. The van der Waals surface area contributed by atoms with Crippen molar-refractivity contribution in [3.05, 3.63) is 216 Å². The largest absolute Gasteiger partial charge is 0.340 e.